The molecule has 0 spiro atoms. The molecule has 4 N–H and O–H groups in total. The van der Waals surface area contributed by atoms with Gasteiger partial charge in [0.15, 0.2) is 0 Å². The number of amides is 3. The summed E-state index contributed by atoms with van der Waals surface area (Å²) in [5.41, 5.74) is -3.49. The molecule has 29 heavy (non-hydrogen) atoms. The summed E-state index contributed by atoms with van der Waals surface area (Å²) in [7, 11) is 1.51. The normalized spacial score (nSPS) is 12.0. The van der Waals surface area contributed by atoms with Gasteiger partial charge in [0.25, 0.3) is 0 Å². The lowest BCUT2D eigenvalue weighted by Crippen LogP contribution is -2.54. The average molecular weight is 420 g/mol. The van der Waals surface area contributed by atoms with Gasteiger partial charge in [-0.05, 0) is 69.2 Å². The van der Waals surface area contributed by atoms with Gasteiger partial charge >= 0.3 is 18.2 Å². The van der Waals surface area contributed by atoms with Crippen LogP contribution in [0.5, 0.6) is 0 Å². The van der Waals surface area contributed by atoms with Gasteiger partial charge in [-0.3, -0.25) is 4.79 Å². The SMILES string of the molecule is CC(C)(C)OC(=O)NC(C)(C)C(=O)O.CNC(=O)C(C)(C)NC(=O)OC(C)(C)C. The predicted octanol–water partition coefficient (Wildman–Crippen LogP) is 2.41. The van der Waals surface area contributed by atoms with Crippen molar-refractivity contribution in [2.24, 2.45) is 0 Å². The molecule has 0 saturated carbocycles. The van der Waals surface area contributed by atoms with Crippen molar-refractivity contribution < 1.29 is 33.8 Å². The first-order valence-corrected chi connectivity index (χ1v) is 9.11. The monoisotopic (exact) mass is 419 g/mol. The third kappa shape index (κ3) is 14.2. The molecule has 10 nitrogen and oxygen atoms in total. The van der Waals surface area contributed by atoms with E-state index in [1.807, 2.05) is 0 Å². The standard InChI is InChI=1S/C10H20N2O3.C9H17NO4/c1-9(2,3)15-8(14)12-10(4,5)7(13)11-6;1-8(2,3)14-7(13)10-9(4,5)6(11)12/h1-6H3,(H,11,13)(H,12,14);1-5H3,(H,10,13)(H,11,12). The lowest BCUT2D eigenvalue weighted by atomic mass is 10.1. The van der Waals surface area contributed by atoms with E-state index in [4.69, 9.17) is 14.6 Å². The Balaban J connectivity index is 0. The van der Waals surface area contributed by atoms with E-state index >= 15 is 0 Å². The van der Waals surface area contributed by atoms with Crippen LogP contribution >= 0.6 is 0 Å². The van der Waals surface area contributed by atoms with Gasteiger partial charge in [0.05, 0.1) is 0 Å². The summed E-state index contributed by atoms with van der Waals surface area (Å²) in [5, 5.41) is 15.9. The molecule has 10 heteroatoms. The zero-order valence-electron chi connectivity index (χ0n) is 19.4. The number of carboxylic acid groups (broad SMARTS) is 1. The van der Waals surface area contributed by atoms with Crippen LogP contribution in [0.15, 0.2) is 0 Å². The Kier molecular flexibility index (Phi) is 10.2. The van der Waals surface area contributed by atoms with Crippen molar-refractivity contribution in [1.82, 2.24) is 16.0 Å². The molecule has 0 aromatic rings. The smallest absolute Gasteiger partial charge is 0.408 e. The zero-order valence-corrected chi connectivity index (χ0v) is 19.4. The highest BCUT2D eigenvalue weighted by Crippen LogP contribution is 2.10. The molecule has 0 aliphatic rings. The maximum Gasteiger partial charge on any atom is 0.408 e. The number of carboxylic acids is 1. The van der Waals surface area contributed by atoms with Crippen LogP contribution in [0.1, 0.15) is 69.2 Å². The minimum absolute atomic E-state index is 0.270. The number of alkyl carbamates (subject to hydrolysis) is 2. The largest absolute Gasteiger partial charge is 0.480 e. The Morgan fingerprint density at radius 2 is 0.966 bits per heavy atom. The quantitative estimate of drug-likeness (QED) is 0.548. The highest BCUT2D eigenvalue weighted by Gasteiger charge is 2.31. The molecule has 0 fully saturated rings. The number of likely N-dealkylation sites (N-methyl/N-ethyl adjacent to an activating group) is 1. The molecule has 3 amide bonds. The topological polar surface area (TPSA) is 143 Å². The average Bonchev–Trinajstić information content (AvgIpc) is 2.41. The third-order valence-corrected chi connectivity index (χ3v) is 2.96. The highest BCUT2D eigenvalue weighted by molar-refractivity contribution is 5.88. The Morgan fingerprint density at radius 3 is 1.21 bits per heavy atom. The van der Waals surface area contributed by atoms with E-state index in [2.05, 4.69) is 16.0 Å². The molecule has 170 valence electrons. The Labute approximate surface area is 173 Å². The lowest BCUT2D eigenvalue weighted by Gasteiger charge is -2.27. The molecule has 0 bridgehead atoms. The van der Waals surface area contributed by atoms with Crippen LogP contribution in [0.4, 0.5) is 9.59 Å². The van der Waals surface area contributed by atoms with Gasteiger partial charge in [-0.2, -0.15) is 0 Å². The summed E-state index contributed by atoms with van der Waals surface area (Å²) in [6.07, 6.45) is -1.33. The van der Waals surface area contributed by atoms with Gasteiger partial charge in [0.2, 0.25) is 5.91 Å². The minimum atomic E-state index is -1.32. The number of hydrogen-bond donors (Lipinski definition) is 4. The van der Waals surface area contributed by atoms with Crippen LogP contribution in [0.3, 0.4) is 0 Å². The fourth-order valence-corrected chi connectivity index (χ4v) is 1.54. The molecule has 0 aromatic heterocycles. The molecule has 0 aromatic carbocycles. The van der Waals surface area contributed by atoms with E-state index in [1.165, 1.54) is 20.9 Å². The van der Waals surface area contributed by atoms with Crippen LogP contribution in [0, 0.1) is 0 Å². The Morgan fingerprint density at radius 1 is 0.655 bits per heavy atom. The molecule has 0 aliphatic carbocycles. The van der Waals surface area contributed by atoms with E-state index in [9.17, 15) is 19.2 Å². The number of rotatable bonds is 4. The molecular formula is C19H37N3O7. The summed E-state index contributed by atoms with van der Waals surface area (Å²) in [6, 6.07) is 0. The van der Waals surface area contributed by atoms with Crippen LogP contribution < -0.4 is 16.0 Å². The zero-order chi connectivity index (χ0) is 23.8. The van der Waals surface area contributed by atoms with Gasteiger partial charge in [0, 0.05) is 7.05 Å². The molecule has 0 unspecified atom stereocenters. The van der Waals surface area contributed by atoms with Crippen molar-refractivity contribution in [1.29, 1.82) is 0 Å². The summed E-state index contributed by atoms with van der Waals surface area (Å²) in [4.78, 5) is 44.6. The second-order valence-corrected chi connectivity index (χ2v) is 9.39. The van der Waals surface area contributed by atoms with Gasteiger partial charge < -0.3 is 30.5 Å². The fourth-order valence-electron chi connectivity index (χ4n) is 1.54. The van der Waals surface area contributed by atoms with Gasteiger partial charge in [-0.1, -0.05) is 0 Å². The first-order valence-electron chi connectivity index (χ1n) is 9.11. The third-order valence-electron chi connectivity index (χ3n) is 2.96. The Hall–Kier alpha value is -2.52. The summed E-state index contributed by atoms with van der Waals surface area (Å²) in [6.45, 7) is 16.4. The molecule has 0 radical (unpaired) electrons. The lowest BCUT2D eigenvalue weighted by molar-refractivity contribution is -0.143. The van der Waals surface area contributed by atoms with Gasteiger partial charge in [-0.15, -0.1) is 0 Å². The van der Waals surface area contributed by atoms with E-state index in [0.29, 0.717) is 0 Å². The number of ether oxygens (including phenoxy) is 2. The Bertz CT molecular complexity index is 600. The number of nitrogens with one attached hydrogen (secondary N) is 3. The molecule has 0 atom stereocenters. The van der Waals surface area contributed by atoms with E-state index in [-0.39, 0.29) is 5.91 Å². The van der Waals surface area contributed by atoms with Crippen molar-refractivity contribution >= 4 is 24.1 Å². The maximum absolute atomic E-state index is 11.4. The van der Waals surface area contributed by atoms with Crippen molar-refractivity contribution in [3.63, 3.8) is 0 Å². The molecule has 0 heterocycles. The van der Waals surface area contributed by atoms with Crippen LogP contribution in [-0.4, -0.2) is 58.5 Å². The number of aliphatic carboxylic acids is 1. The van der Waals surface area contributed by atoms with Crippen molar-refractivity contribution in [3.8, 4) is 0 Å². The fraction of sp³-hybridized carbons (Fsp3) is 0.789. The van der Waals surface area contributed by atoms with Crippen molar-refractivity contribution in [2.45, 2.75) is 91.5 Å². The van der Waals surface area contributed by atoms with Crippen LogP contribution in [0.25, 0.3) is 0 Å². The van der Waals surface area contributed by atoms with Crippen molar-refractivity contribution in [2.75, 3.05) is 7.05 Å². The summed E-state index contributed by atoms with van der Waals surface area (Å²) >= 11 is 0. The first kappa shape index (κ1) is 28.7. The van der Waals surface area contributed by atoms with E-state index < -0.39 is 40.4 Å². The second-order valence-electron chi connectivity index (χ2n) is 9.39. The van der Waals surface area contributed by atoms with Gasteiger partial charge in [0.1, 0.15) is 22.3 Å². The second kappa shape index (κ2) is 10.3. The van der Waals surface area contributed by atoms with Crippen LogP contribution in [0.2, 0.25) is 0 Å². The minimum Gasteiger partial charge on any atom is -0.480 e. The van der Waals surface area contributed by atoms with Crippen LogP contribution in [-0.2, 0) is 19.1 Å². The van der Waals surface area contributed by atoms with E-state index in [0.717, 1.165) is 0 Å². The number of hydrogen-bond acceptors (Lipinski definition) is 6. The van der Waals surface area contributed by atoms with Crippen molar-refractivity contribution in [3.05, 3.63) is 0 Å². The predicted molar refractivity (Wildman–Crippen MR) is 109 cm³/mol. The maximum atomic E-state index is 11.4. The molecule has 0 rings (SSSR count). The van der Waals surface area contributed by atoms with E-state index in [1.54, 1.807) is 55.4 Å². The molecule has 0 aliphatic heterocycles. The van der Waals surface area contributed by atoms with Gasteiger partial charge in [-0.25, -0.2) is 14.4 Å². The molecule has 0 saturated heterocycles. The summed E-state index contributed by atoms with van der Waals surface area (Å²) < 4.78 is 9.95. The number of carbonyl (C=O) groups is 4. The highest BCUT2D eigenvalue weighted by atomic mass is 16.6. The first-order chi connectivity index (χ1) is 12.6. The summed E-state index contributed by atoms with van der Waals surface area (Å²) in [5.74, 6) is -1.38. The number of carbonyl (C=O) groups excluding carboxylic acids is 3. The molecular weight excluding hydrogens is 382 g/mol.